The van der Waals surface area contributed by atoms with Crippen molar-refractivity contribution < 1.29 is 4.79 Å². The number of amides is 1. The number of anilines is 1. The van der Waals surface area contributed by atoms with Gasteiger partial charge in [-0.1, -0.05) is 11.6 Å². The Morgan fingerprint density at radius 1 is 1.50 bits per heavy atom. The van der Waals surface area contributed by atoms with Gasteiger partial charge in [0, 0.05) is 18.7 Å². The van der Waals surface area contributed by atoms with E-state index in [4.69, 9.17) is 11.6 Å². The van der Waals surface area contributed by atoms with E-state index in [0.29, 0.717) is 23.1 Å². The predicted molar refractivity (Wildman–Crippen MR) is 78.7 cm³/mol. The standard InChI is InChI=1S/C12H18ClN3OS/c1-3-14-11-8-9(7-10(13)16-11)12(17)15-5-4-6-18-2/h7-8H,3-6H2,1-2H3,(H,14,16)(H,15,17). The number of hydrogen-bond acceptors (Lipinski definition) is 4. The van der Waals surface area contributed by atoms with Gasteiger partial charge in [-0.25, -0.2) is 4.98 Å². The summed E-state index contributed by atoms with van der Waals surface area (Å²) >= 11 is 7.65. The van der Waals surface area contributed by atoms with Crippen LogP contribution in [0, 0.1) is 0 Å². The zero-order valence-corrected chi connectivity index (χ0v) is 12.2. The molecule has 6 heteroatoms. The summed E-state index contributed by atoms with van der Waals surface area (Å²) in [6.07, 6.45) is 3.01. The molecule has 100 valence electrons. The fraction of sp³-hybridized carbons (Fsp3) is 0.500. The molecule has 0 spiro atoms. The Hall–Kier alpha value is -0.940. The van der Waals surface area contributed by atoms with Crippen LogP contribution in [0.3, 0.4) is 0 Å². The van der Waals surface area contributed by atoms with Gasteiger partial charge in [0.2, 0.25) is 0 Å². The van der Waals surface area contributed by atoms with E-state index in [1.165, 1.54) is 0 Å². The van der Waals surface area contributed by atoms with Crippen LogP contribution in [-0.4, -0.2) is 36.0 Å². The van der Waals surface area contributed by atoms with Crippen LogP contribution in [-0.2, 0) is 0 Å². The van der Waals surface area contributed by atoms with Gasteiger partial charge in [0.1, 0.15) is 11.0 Å². The molecular formula is C12H18ClN3OS. The molecule has 0 aliphatic heterocycles. The third kappa shape index (κ3) is 5.14. The highest BCUT2D eigenvalue weighted by Crippen LogP contribution is 2.14. The van der Waals surface area contributed by atoms with Crippen molar-refractivity contribution in [1.82, 2.24) is 10.3 Å². The average molecular weight is 288 g/mol. The molecule has 0 radical (unpaired) electrons. The van der Waals surface area contributed by atoms with E-state index in [0.717, 1.165) is 18.7 Å². The molecule has 0 fully saturated rings. The maximum Gasteiger partial charge on any atom is 0.251 e. The summed E-state index contributed by atoms with van der Waals surface area (Å²) in [5.41, 5.74) is 0.537. The summed E-state index contributed by atoms with van der Waals surface area (Å²) in [7, 11) is 0. The fourth-order valence-electron chi connectivity index (χ4n) is 1.42. The van der Waals surface area contributed by atoms with E-state index in [2.05, 4.69) is 15.6 Å². The summed E-state index contributed by atoms with van der Waals surface area (Å²) in [4.78, 5) is 16.0. The highest BCUT2D eigenvalue weighted by atomic mass is 35.5. The summed E-state index contributed by atoms with van der Waals surface area (Å²) in [6.45, 7) is 3.38. The number of rotatable bonds is 7. The lowest BCUT2D eigenvalue weighted by Gasteiger charge is -2.07. The fourth-order valence-corrected chi connectivity index (χ4v) is 2.06. The second kappa shape index (κ2) is 8.21. The van der Waals surface area contributed by atoms with E-state index >= 15 is 0 Å². The quantitative estimate of drug-likeness (QED) is 0.598. The molecule has 2 N–H and O–H groups in total. The molecule has 0 aliphatic rings. The van der Waals surface area contributed by atoms with E-state index < -0.39 is 0 Å². The van der Waals surface area contributed by atoms with Crippen molar-refractivity contribution in [1.29, 1.82) is 0 Å². The maximum absolute atomic E-state index is 11.9. The van der Waals surface area contributed by atoms with Crippen molar-refractivity contribution in [2.75, 3.05) is 30.4 Å². The van der Waals surface area contributed by atoms with Gasteiger partial charge in [0.25, 0.3) is 5.91 Å². The van der Waals surface area contributed by atoms with Gasteiger partial charge in [-0.15, -0.1) is 0 Å². The number of carbonyl (C=O) groups excluding carboxylic acids is 1. The van der Waals surface area contributed by atoms with E-state index in [1.807, 2.05) is 13.2 Å². The van der Waals surface area contributed by atoms with Crippen LogP contribution in [0.1, 0.15) is 23.7 Å². The van der Waals surface area contributed by atoms with Crippen molar-refractivity contribution in [3.05, 3.63) is 22.8 Å². The minimum atomic E-state index is -0.112. The summed E-state index contributed by atoms with van der Waals surface area (Å²) in [6, 6.07) is 3.28. The Kier molecular flexibility index (Phi) is 6.90. The molecule has 0 aliphatic carbocycles. The average Bonchev–Trinajstić information content (AvgIpc) is 2.34. The first-order valence-electron chi connectivity index (χ1n) is 5.86. The third-order valence-electron chi connectivity index (χ3n) is 2.22. The largest absolute Gasteiger partial charge is 0.370 e. The van der Waals surface area contributed by atoms with Crippen LogP contribution in [0.2, 0.25) is 5.15 Å². The number of carbonyl (C=O) groups is 1. The Bertz CT molecular complexity index is 401. The molecule has 0 atom stereocenters. The molecule has 0 saturated carbocycles. The molecule has 1 heterocycles. The van der Waals surface area contributed by atoms with Crippen molar-refractivity contribution in [2.24, 2.45) is 0 Å². The van der Waals surface area contributed by atoms with Crippen molar-refractivity contribution in [3.63, 3.8) is 0 Å². The van der Waals surface area contributed by atoms with E-state index in [-0.39, 0.29) is 5.91 Å². The molecule has 1 amide bonds. The second-order valence-electron chi connectivity index (χ2n) is 3.70. The van der Waals surface area contributed by atoms with Gasteiger partial charge in [-0.3, -0.25) is 4.79 Å². The van der Waals surface area contributed by atoms with Crippen molar-refractivity contribution in [3.8, 4) is 0 Å². The van der Waals surface area contributed by atoms with Crippen LogP contribution in [0.4, 0.5) is 5.82 Å². The highest BCUT2D eigenvalue weighted by molar-refractivity contribution is 7.98. The molecular weight excluding hydrogens is 270 g/mol. The van der Waals surface area contributed by atoms with Gasteiger partial charge >= 0.3 is 0 Å². The van der Waals surface area contributed by atoms with Crippen molar-refractivity contribution in [2.45, 2.75) is 13.3 Å². The minimum Gasteiger partial charge on any atom is -0.370 e. The third-order valence-corrected chi connectivity index (χ3v) is 3.12. The molecule has 0 aromatic carbocycles. The Balaban J connectivity index is 2.61. The Morgan fingerprint density at radius 3 is 2.94 bits per heavy atom. The zero-order chi connectivity index (χ0) is 13.4. The SMILES string of the molecule is CCNc1cc(C(=O)NCCCSC)cc(Cl)n1. The van der Waals surface area contributed by atoms with Crippen LogP contribution in [0.15, 0.2) is 12.1 Å². The van der Waals surface area contributed by atoms with Crippen LogP contribution >= 0.6 is 23.4 Å². The molecule has 0 unspecified atom stereocenters. The van der Waals surface area contributed by atoms with Crippen LogP contribution in [0.25, 0.3) is 0 Å². The van der Waals surface area contributed by atoms with E-state index in [1.54, 1.807) is 23.9 Å². The van der Waals surface area contributed by atoms with Crippen LogP contribution in [0.5, 0.6) is 0 Å². The molecule has 1 rings (SSSR count). The van der Waals surface area contributed by atoms with Gasteiger partial charge in [0.15, 0.2) is 0 Å². The summed E-state index contributed by atoms with van der Waals surface area (Å²) < 4.78 is 0. The first kappa shape index (κ1) is 15.1. The highest BCUT2D eigenvalue weighted by Gasteiger charge is 2.08. The lowest BCUT2D eigenvalue weighted by molar-refractivity contribution is 0.0953. The summed E-state index contributed by atoms with van der Waals surface area (Å²) in [5, 5.41) is 6.23. The lowest BCUT2D eigenvalue weighted by Crippen LogP contribution is -2.25. The monoisotopic (exact) mass is 287 g/mol. The topological polar surface area (TPSA) is 54.0 Å². The lowest BCUT2D eigenvalue weighted by atomic mass is 10.2. The van der Waals surface area contributed by atoms with Crippen LogP contribution < -0.4 is 10.6 Å². The van der Waals surface area contributed by atoms with Gasteiger partial charge in [-0.05, 0) is 37.5 Å². The second-order valence-corrected chi connectivity index (χ2v) is 5.07. The molecule has 1 aromatic heterocycles. The number of aromatic nitrogens is 1. The zero-order valence-electron chi connectivity index (χ0n) is 10.6. The normalized spacial score (nSPS) is 10.2. The van der Waals surface area contributed by atoms with Gasteiger partial charge < -0.3 is 10.6 Å². The first-order valence-corrected chi connectivity index (χ1v) is 7.63. The number of pyridine rings is 1. The molecule has 4 nitrogen and oxygen atoms in total. The number of thioether (sulfide) groups is 1. The smallest absolute Gasteiger partial charge is 0.251 e. The number of nitrogens with one attached hydrogen (secondary N) is 2. The molecule has 0 saturated heterocycles. The number of halogens is 1. The predicted octanol–water partition coefficient (Wildman–Crippen LogP) is 2.65. The van der Waals surface area contributed by atoms with Crippen molar-refractivity contribution >= 4 is 35.1 Å². The van der Waals surface area contributed by atoms with E-state index in [9.17, 15) is 4.79 Å². The molecule has 0 bridgehead atoms. The number of nitrogens with zero attached hydrogens (tertiary/aromatic N) is 1. The molecule has 1 aromatic rings. The maximum atomic E-state index is 11.9. The number of hydrogen-bond donors (Lipinski definition) is 2. The molecule has 18 heavy (non-hydrogen) atoms. The Labute approximate surface area is 117 Å². The minimum absolute atomic E-state index is 0.112. The summed E-state index contributed by atoms with van der Waals surface area (Å²) in [5.74, 6) is 1.55. The Morgan fingerprint density at radius 2 is 2.28 bits per heavy atom. The first-order chi connectivity index (χ1) is 8.67. The van der Waals surface area contributed by atoms with Gasteiger partial charge in [-0.2, -0.15) is 11.8 Å². The van der Waals surface area contributed by atoms with Gasteiger partial charge in [0.05, 0.1) is 0 Å².